The largest absolute Gasteiger partial charge is 0.356 e. The summed E-state index contributed by atoms with van der Waals surface area (Å²) in [6.07, 6.45) is 0.956. The molecule has 7 heteroatoms. The first-order valence-electron chi connectivity index (χ1n) is 12.2. The highest BCUT2D eigenvalue weighted by Gasteiger charge is 2.31. The molecule has 0 saturated carbocycles. The average Bonchev–Trinajstić information content (AvgIpc) is 3.60. The highest BCUT2D eigenvalue weighted by atomic mass is 19.1. The lowest BCUT2D eigenvalue weighted by atomic mass is 10.1. The van der Waals surface area contributed by atoms with Crippen molar-refractivity contribution < 1.29 is 9.18 Å². The maximum atomic E-state index is 14.2. The van der Waals surface area contributed by atoms with Gasteiger partial charge in [-0.15, -0.1) is 0 Å². The highest BCUT2D eigenvalue weighted by Crippen LogP contribution is 2.30. The van der Waals surface area contributed by atoms with Gasteiger partial charge in [0.05, 0.1) is 18.6 Å². The van der Waals surface area contributed by atoms with Crippen molar-refractivity contribution >= 4 is 16.8 Å². The van der Waals surface area contributed by atoms with Crippen LogP contribution in [0.5, 0.6) is 0 Å². The van der Waals surface area contributed by atoms with Gasteiger partial charge in [-0.25, -0.2) is 14.4 Å². The van der Waals surface area contributed by atoms with Crippen molar-refractivity contribution in [1.82, 2.24) is 24.8 Å². The average molecular weight is 490 g/mol. The number of fused-ring (bicyclic) bond motifs is 2. The van der Waals surface area contributed by atoms with Crippen LogP contribution in [-0.4, -0.2) is 31.6 Å². The molecule has 2 aromatic carbocycles. The van der Waals surface area contributed by atoms with E-state index in [0.717, 1.165) is 27.9 Å². The molecule has 0 radical (unpaired) electrons. The van der Waals surface area contributed by atoms with E-state index < -0.39 is 12.2 Å². The Balaban J connectivity index is 1.35. The lowest BCUT2D eigenvalue weighted by molar-refractivity contribution is 0.0936. The molecule has 1 unspecified atom stereocenters. The Morgan fingerprint density at radius 2 is 1.86 bits per heavy atom. The Morgan fingerprint density at radius 3 is 2.70 bits per heavy atom. The molecular formula is C30H24FN5O. The number of nitrogens with one attached hydrogen (secondary N) is 2. The molecular weight excluding hydrogens is 465 g/mol. The van der Waals surface area contributed by atoms with Crippen LogP contribution in [0.15, 0.2) is 79.1 Å². The fraction of sp³-hybridized carbons (Fsp3) is 0.167. The molecule has 0 aliphatic carbocycles. The second kappa shape index (κ2) is 9.40. The summed E-state index contributed by atoms with van der Waals surface area (Å²) in [5.41, 5.74) is 5.69. The van der Waals surface area contributed by atoms with Crippen molar-refractivity contribution in [2.75, 3.05) is 0 Å². The molecule has 6 rings (SSSR count). The maximum Gasteiger partial charge on any atom is 0.270 e. The SMILES string of the molecule is Cc1cc(C#Cc2ccccc2)cc(C(=O)NC(c2cc3ccccc3[nH]2)c2ncn3c2C[C@@H](F)C3)n1. The first-order valence-corrected chi connectivity index (χ1v) is 12.2. The number of benzene rings is 2. The molecule has 1 amide bonds. The van der Waals surface area contributed by atoms with E-state index in [0.29, 0.717) is 17.0 Å². The van der Waals surface area contributed by atoms with Gasteiger partial charge in [-0.05, 0) is 48.7 Å². The number of halogens is 1. The number of rotatable bonds is 4. The van der Waals surface area contributed by atoms with Gasteiger partial charge in [0.15, 0.2) is 0 Å². The van der Waals surface area contributed by atoms with Crippen LogP contribution in [-0.2, 0) is 13.0 Å². The van der Waals surface area contributed by atoms with E-state index >= 15 is 0 Å². The summed E-state index contributed by atoms with van der Waals surface area (Å²) in [7, 11) is 0. The number of aryl methyl sites for hydroxylation is 1. The van der Waals surface area contributed by atoms with Crippen LogP contribution < -0.4 is 5.32 Å². The summed E-state index contributed by atoms with van der Waals surface area (Å²) >= 11 is 0. The number of H-pyrrole nitrogens is 1. The van der Waals surface area contributed by atoms with E-state index in [9.17, 15) is 9.18 Å². The predicted octanol–water partition coefficient (Wildman–Crippen LogP) is 4.88. The molecule has 182 valence electrons. The van der Waals surface area contributed by atoms with Gasteiger partial charge in [0.25, 0.3) is 5.91 Å². The van der Waals surface area contributed by atoms with Crippen molar-refractivity contribution in [3.63, 3.8) is 0 Å². The smallest absolute Gasteiger partial charge is 0.270 e. The zero-order valence-corrected chi connectivity index (χ0v) is 20.2. The Kier molecular flexibility index (Phi) is 5.78. The number of carbonyl (C=O) groups is 1. The van der Waals surface area contributed by atoms with Crippen LogP contribution in [0.3, 0.4) is 0 Å². The minimum atomic E-state index is -0.958. The lowest BCUT2D eigenvalue weighted by Gasteiger charge is -2.17. The Hall–Kier alpha value is -4.70. The van der Waals surface area contributed by atoms with Crippen molar-refractivity contribution in [3.05, 3.63) is 119 Å². The quantitative estimate of drug-likeness (QED) is 0.353. The van der Waals surface area contributed by atoms with Gasteiger partial charge in [0.1, 0.15) is 17.9 Å². The van der Waals surface area contributed by atoms with Crippen LogP contribution in [0.25, 0.3) is 10.9 Å². The van der Waals surface area contributed by atoms with Crippen molar-refractivity contribution in [2.24, 2.45) is 0 Å². The van der Waals surface area contributed by atoms with Gasteiger partial charge in [0, 0.05) is 40.1 Å². The molecule has 1 aliphatic heterocycles. The van der Waals surface area contributed by atoms with Gasteiger partial charge < -0.3 is 14.9 Å². The van der Waals surface area contributed by atoms with Crippen molar-refractivity contribution in [3.8, 4) is 11.8 Å². The van der Waals surface area contributed by atoms with E-state index in [-0.39, 0.29) is 24.6 Å². The minimum absolute atomic E-state index is 0.262. The second-order valence-corrected chi connectivity index (χ2v) is 9.25. The summed E-state index contributed by atoms with van der Waals surface area (Å²) in [6, 6.07) is 22.5. The Labute approximate surface area is 213 Å². The number of carbonyl (C=O) groups excluding carboxylic acids is 1. The molecule has 37 heavy (non-hydrogen) atoms. The molecule has 5 aromatic rings. The summed E-state index contributed by atoms with van der Waals surface area (Å²) < 4.78 is 16.0. The predicted molar refractivity (Wildman–Crippen MR) is 140 cm³/mol. The molecule has 0 bridgehead atoms. The second-order valence-electron chi connectivity index (χ2n) is 9.25. The fourth-order valence-electron chi connectivity index (χ4n) is 4.80. The normalized spacial score (nSPS) is 15.1. The molecule has 2 N–H and O–H groups in total. The first-order chi connectivity index (χ1) is 18.0. The molecule has 2 atom stereocenters. The van der Waals surface area contributed by atoms with Crippen LogP contribution in [0, 0.1) is 18.8 Å². The maximum absolute atomic E-state index is 14.2. The van der Waals surface area contributed by atoms with E-state index in [4.69, 9.17) is 0 Å². The summed E-state index contributed by atoms with van der Waals surface area (Å²) in [4.78, 5) is 26.0. The van der Waals surface area contributed by atoms with Crippen LogP contribution in [0.2, 0.25) is 0 Å². The molecule has 1 aliphatic rings. The zero-order valence-electron chi connectivity index (χ0n) is 20.2. The number of para-hydroxylation sites is 1. The standard InChI is InChI=1S/C30H24FN5O/c1-19-13-21(12-11-20-7-3-2-4-8-20)14-26(33-19)30(37)35-28(25-15-22-9-5-6-10-24(22)34-25)29-27-16-23(31)17-36(27)18-32-29/h2-10,13-15,18,23,28,34H,16-17H2,1H3,(H,35,37)/t23-,28?/m1/s1. The van der Waals surface area contributed by atoms with E-state index in [2.05, 4.69) is 32.1 Å². The van der Waals surface area contributed by atoms with Gasteiger partial charge in [-0.3, -0.25) is 4.79 Å². The number of aromatic nitrogens is 4. The van der Waals surface area contributed by atoms with Gasteiger partial charge in [-0.2, -0.15) is 0 Å². The van der Waals surface area contributed by atoms with E-state index in [1.165, 1.54) is 0 Å². The number of hydrogen-bond acceptors (Lipinski definition) is 3. The third kappa shape index (κ3) is 4.62. The molecule has 6 nitrogen and oxygen atoms in total. The summed E-state index contributed by atoms with van der Waals surface area (Å²) in [5, 5.41) is 4.12. The van der Waals surface area contributed by atoms with Crippen molar-refractivity contribution in [1.29, 1.82) is 0 Å². The fourth-order valence-corrected chi connectivity index (χ4v) is 4.80. The van der Waals surface area contributed by atoms with E-state index in [1.54, 1.807) is 12.4 Å². The summed E-state index contributed by atoms with van der Waals surface area (Å²) in [6.45, 7) is 2.11. The van der Waals surface area contributed by atoms with Gasteiger partial charge in [0.2, 0.25) is 0 Å². The number of aromatic amines is 1. The number of pyridine rings is 1. The molecule has 0 fully saturated rings. The lowest BCUT2D eigenvalue weighted by Crippen LogP contribution is -2.31. The number of amides is 1. The monoisotopic (exact) mass is 489 g/mol. The number of hydrogen-bond donors (Lipinski definition) is 2. The summed E-state index contributed by atoms with van der Waals surface area (Å²) in [5.74, 6) is 5.91. The van der Waals surface area contributed by atoms with Crippen molar-refractivity contribution in [2.45, 2.75) is 32.1 Å². The molecule has 0 spiro atoms. The molecule has 3 aromatic heterocycles. The van der Waals surface area contributed by atoms with E-state index in [1.807, 2.05) is 78.2 Å². The Morgan fingerprint density at radius 1 is 1.08 bits per heavy atom. The Bertz CT molecular complexity index is 1640. The van der Waals surface area contributed by atoms with Crippen LogP contribution in [0.1, 0.15) is 50.4 Å². The number of alkyl halides is 1. The third-order valence-corrected chi connectivity index (χ3v) is 6.51. The number of nitrogens with zero attached hydrogens (tertiary/aromatic N) is 3. The highest BCUT2D eigenvalue weighted by molar-refractivity contribution is 5.93. The zero-order chi connectivity index (χ0) is 25.4. The van der Waals surface area contributed by atoms with Crippen LogP contribution >= 0.6 is 0 Å². The topological polar surface area (TPSA) is 75.6 Å². The molecule has 4 heterocycles. The first kappa shape index (κ1) is 22.7. The minimum Gasteiger partial charge on any atom is -0.356 e. The molecule has 0 saturated heterocycles. The number of imidazole rings is 1. The van der Waals surface area contributed by atoms with Gasteiger partial charge >= 0.3 is 0 Å². The van der Waals surface area contributed by atoms with Gasteiger partial charge in [-0.1, -0.05) is 48.2 Å². The third-order valence-electron chi connectivity index (χ3n) is 6.51. The van der Waals surface area contributed by atoms with Crippen LogP contribution in [0.4, 0.5) is 4.39 Å².